The van der Waals surface area contributed by atoms with Gasteiger partial charge in [0.05, 0.1) is 26.0 Å². The average molecular weight is 215 g/mol. The number of benzene rings is 1. The molecule has 3 rings (SSSR count). The van der Waals surface area contributed by atoms with E-state index in [9.17, 15) is 0 Å². The minimum Gasteiger partial charge on any atom is -0.467 e. The van der Waals surface area contributed by atoms with Crippen LogP contribution in [-0.4, -0.2) is 0 Å². The number of nitrogens with two attached hydrogens (primary N) is 1. The van der Waals surface area contributed by atoms with Crippen LogP contribution < -0.4 is 5.73 Å². The summed E-state index contributed by atoms with van der Waals surface area (Å²) in [5.74, 6) is 0.832. The fraction of sp³-hybridized carbons (Fsp3) is 0.231. The number of hydrogen-bond donors (Lipinski definition) is 1. The van der Waals surface area contributed by atoms with Crippen LogP contribution in [0.1, 0.15) is 16.9 Å². The lowest BCUT2D eigenvalue weighted by atomic mass is 10.0. The average Bonchev–Trinajstić information content (AvgIpc) is 2.96. The molecule has 3 heteroatoms. The van der Waals surface area contributed by atoms with E-state index < -0.39 is 0 Å². The summed E-state index contributed by atoms with van der Waals surface area (Å²) in [6, 6.07) is 8.33. The van der Waals surface area contributed by atoms with Crippen molar-refractivity contribution in [3.63, 3.8) is 0 Å². The zero-order valence-electron chi connectivity index (χ0n) is 8.90. The summed E-state index contributed by atoms with van der Waals surface area (Å²) in [6.45, 7) is 1.86. The van der Waals surface area contributed by atoms with Crippen LogP contribution in [0.2, 0.25) is 0 Å². The molecule has 16 heavy (non-hydrogen) atoms. The van der Waals surface area contributed by atoms with E-state index in [1.807, 2.05) is 6.07 Å². The van der Waals surface area contributed by atoms with Crippen LogP contribution in [0.25, 0.3) is 11.1 Å². The summed E-state index contributed by atoms with van der Waals surface area (Å²) in [5.41, 5.74) is 10.4. The normalized spacial score (nSPS) is 14.1. The molecule has 2 N–H and O–H groups in total. The van der Waals surface area contributed by atoms with Crippen molar-refractivity contribution in [2.45, 2.75) is 19.8 Å². The van der Waals surface area contributed by atoms with E-state index in [2.05, 4.69) is 18.2 Å². The van der Waals surface area contributed by atoms with Gasteiger partial charge < -0.3 is 14.9 Å². The van der Waals surface area contributed by atoms with Gasteiger partial charge in [-0.15, -0.1) is 0 Å². The van der Waals surface area contributed by atoms with Crippen LogP contribution in [-0.2, 0) is 24.5 Å². The van der Waals surface area contributed by atoms with Gasteiger partial charge in [0, 0.05) is 5.56 Å². The minimum atomic E-state index is 0.427. The fourth-order valence-electron chi connectivity index (χ4n) is 2.10. The second kappa shape index (κ2) is 3.77. The molecule has 1 aliphatic rings. The molecular weight excluding hydrogens is 202 g/mol. The Morgan fingerprint density at radius 3 is 2.88 bits per heavy atom. The van der Waals surface area contributed by atoms with Crippen LogP contribution >= 0.6 is 0 Å². The van der Waals surface area contributed by atoms with Crippen molar-refractivity contribution in [3.05, 3.63) is 47.4 Å². The Labute approximate surface area is 93.8 Å². The predicted molar refractivity (Wildman–Crippen MR) is 60.5 cm³/mol. The Hall–Kier alpha value is -1.58. The van der Waals surface area contributed by atoms with E-state index in [1.165, 1.54) is 11.1 Å². The molecule has 0 radical (unpaired) electrons. The molecule has 0 amide bonds. The van der Waals surface area contributed by atoms with Crippen molar-refractivity contribution in [2.75, 3.05) is 0 Å². The fourth-order valence-corrected chi connectivity index (χ4v) is 2.10. The standard InChI is InChI=1S/C13H13NO2/c14-6-13-12(3-4-16-13)9-1-2-10-7-15-8-11(10)5-9/h1-5H,6-8,14H2. The number of fused-ring (bicyclic) bond motifs is 1. The molecule has 2 aromatic rings. The highest BCUT2D eigenvalue weighted by molar-refractivity contribution is 5.67. The van der Waals surface area contributed by atoms with Gasteiger partial charge in [0.2, 0.25) is 0 Å². The first kappa shape index (κ1) is 9.63. The number of rotatable bonds is 2. The highest BCUT2D eigenvalue weighted by atomic mass is 16.5. The monoisotopic (exact) mass is 215 g/mol. The summed E-state index contributed by atoms with van der Waals surface area (Å²) in [7, 11) is 0. The third-order valence-electron chi connectivity index (χ3n) is 2.96. The van der Waals surface area contributed by atoms with E-state index in [4.69, 9.17) is 14.9 Å². The third kappa shape index (κ3) is 1.45. The minimum absolute atomic E-state index is 0.427. The molecule has 2 heterocycles. The zero-order valence-corrected chi connectivity index (χ0v) is 8.90. The lowest BCUT2D eigenvalue weighted by Crippen LogP contribution is -1.96. The maximum atomic E-state index is 5.63. The predicted octanol–water partition coefficient (Wildman–Crippen LogP) is 2.44. The second-order valence-corrected chi connectivity index (χ2v) is 3.94. The maximum absolute atomic E-state index is 5.63. The van der Waals surface area contributed by atoms with Crippen molar-refractivity contribution in [1.29, 1.82) is 0 Å². The number of hydrogen-bond acceptors (Lipinski definition) is 3. The topological polar surface area (TPSA) is 48.4 Å². The third-order valence-corrected chi connectivity index (χ3v) is 2.96. The van der Waals surface area contributed by atoms with E-state index >= 15 is 0 Å². The summed E-state index contributed by atoms with van der Waals surface area (Å²) in [6.07, 6.45) is 1.68. The first-order valence-corrected chi connectivity index (χ1v) is 5.35. The first-order valence-electron chi connectivity index (χ1n) is 5.35. The molecule has 0 spiro atoms. The molecule has 0 fully saturated rings. The molecule has 0 saturated carbocycles. The molecule has 82 valence electrons. The molecule has 0 aliphatic carbocycles. The maximum Gasteiger partial charge on any atom is 0.125 e. The van der Waals surface area contributed by atoms with Crippen molar-refractivity contribution in [1.82, 2.24) is 0 Å². The lowest BCUT2D eigenvalue weighted by Gasteiger charge is -2.03. The molecule has 1 aliphatic heterocycles. The number of ether oxygens (including phenoxy) is 1. The van der Waals surface area contributed by atoms with Crippen LogP contribution in [0.15, 0.2) is 34.9 Å². The largest absolute Gasteiger partial charge is 0.467 e. The van der Waals surface area contributed by atoms with E-state index in [0.717, 1.165) is 23.5 Å². The van der Waals surface area contributed by atoms with Gasteiger partial charge in [-0.2, -0.15) is 0 Å². The van der Waals surface area contributed by atoms with Gasteiger partial charge in [0.25, 0.3) is 0 Å². The van der Waals surface area contributed by atoms with Gasteiger partial charge in [0.15, 0.2) is 0 Å². The van der Waals surface area contributed by atoms with Gasteiger partial charge in [-0.05, 0) is 28.8 Å². The molecule has 3 nitrogen and oxygen atoms in total. The molecule has 1 aromatic carbocycles. The Balaban J connectivity index is 2.07. The summed E-state index contributed by atoms with van der Waals surface area (Å²) in [5, 5.41) is 0. The quantitative estimate of drug-likeness (QED) is 0.837. The van der Waals surface area contributed by atoms with Crippen molar-refractivity contribution in [3.8, 4) is 11.1 Å². The second-order valence-electron chi connectivity index (χ2n) is 3.94. The van der Waals surface area contributed by atoms with Gasteiger partial charge in [0.1, 0.15) is 5.76 Å². The van der Waals surface area contributed by atoms with E-state index in [0.29, 0.717) is 13.2 Å². The highest BCUT2D eigenvalue weighted by Crippen LogP contribution is 2.29. The van der Waals surface area contributed by atoms with Crippen molar-refractivity contribution in [2.24, 2.45) is 5.73 Å². The van der Waals surface area contributed by atoms with Crippen molar-refractivity contribution < 1.29 is 9.15 Å². The van der Waals surface area contributed by atoms with Gasteiger partial charge in [-0.1, -0.05) is 12.1 Å². The number of furan rings is 1. The Morgan fingerprint density at radius 1 is 1.12 bits per heavy atom. The SMILES string of the molecule is NCc1occc1-c1ccc2c(c1)COC2. The van der Waals surface area contributed by atoms with E-state index in [1.54, 1.807) is 6.26 Å². The Kier molecular flexibility index (Phi) is 2.27. The van der Waals surface area contributed by atoms with Crippen LogP contribution in [0, 0.1) is 0 Å². The molecule has 0 bridgehead atoms. The van der Waals surface area contributed by atoms with Gasteiger partial charge in [-0.25, -0.2) is 0 Å². The van der Waals surface area contributed by atoms with Gasteiger partial charge >= 0.3 is 0 Å². The van der Waals surface area contributed by atoms with Crippen LogP contribution in [0.5, 0.6) is 0 Å². The Morgan fingerprint density at radius 2 is 2.00 bits per heavy atom. The van der Waals surface area contributed by atoms with Crippen LogP contribution in [0.3, 0.4) is 0 Å². The molecule has 1 aromatic heterocycles. The van der Waals surface area contributed by atoms with Crippen LogP contribution in [0.4, 0.5) is 0 Å². The molecule has 0 saturated heterocycles. The summed E-state index contributed by atoms with van der Waals surface area (Å²) in [4.78, 5) is 0. The molecular formula is C13H13NO2. The molecule has 0 atom stereocenters. The lowest BCUT2D eigenvalue weighted by molar-refractivity contribution is 0.134. The zero-order chi connectivity index (χ0) is 11.0. The smallest absolute Gasteiger partial charge is 0.125 e. The molecule has 0 unspecified atom stereocenters. The summed E-state index contributed by atoms with van der Waals surface area (Å²) >= 11 is 0. The van der Waals surface area contributed by atoms with Crippen molar-refractivity contribution >= 4 is 0 Å². The summed E-state index contributed by atoms with van der Waals surface area (Å²) < 4.78 is 10.7. The van der Waals surface area contributed by atoms with Gasteiger partial charge in [-0.3, -0.25) is 0 Å². The Bertz CT molecular complexity index is 516. The first-order chi connectivity index (χ1) is 7.88. The van der Waals surface area contributed by atoms with E-state index in [-0.39, 0.29) is 0 Å². The highest BCUT2D eigenvalue weighted by Gasteiger charge is 2.13.